The van der Waals surface area contributed by atoms with Crippen molar-refractivity contribution in [1.82, 2.24) is 4.90 Å². The fraction of sp³-hybridized carbons (Fsp3) is 0.345. The van der Waals surface area contributed by atoms with Crippen LogP contribution in [0.15, 0.2) is 65.7 Å². The quantitative estimate of drug-likeness (QED) is 0.487. The lowest BCUT2D eigenvalue weighted by Gasteiger charge is -2.34. The second-order valence-corrected chi connectivity index (χ2v) is 10.2. The monoisotopic (exact) mass is 487 g/mol. The van der Waals surface area contributed by atoms with Crippen LogP contribution in [0.4, 0.5) is 5.69 Å². The second kappa shape index (κ2) is 9.82. The van der Waals surface area contributed by atoms with Crippen molar-refractivity contribution in [3.8, 4) is 0 Å². The van der Waals surface area contributed by atoms with Gasteiger partial charge in [0.05, 0.1) is 5.69 Å². The van der Waals surface area contributed by atoms with E-state index in [9.17, 15) is 9.59 Å². The van der Waals surface area contributed by atoms with Gasteiger partial charge in [-0.1, -0.05) is 54.1 Å². The van der Waals surface area contributed by atoms with Crippen LogP contribution in [-0.2, 0) is 16.0 Å². The number of anilines is 1. The van der Waals surface area contributed by atoms with Gasteiger partial charge in [-0.3, -0.25) is 9.79 Å². The van der Waals surface area contributed by atoms with Gasteiger partial charge in [0.2, 0.25) is 0 Å². The van der Waals surface area contributed by atoms with Crippen molar-refractivity contribution in [3.63, 3.8) is 0 Å². The molecule has 35 heavy (non-hydrogen) atoms. The van der Waals surface area contributed by atoms with Gasteiger partial charge in [0.1, 0.15) is 17.7 Å². The summed E-state index contributed by atoms with van der Waals surface area (Å²) in [5.41, 5.74) is 2.80. The summed E-state index contributed by atoms with van der Waals surface area (Å²) in [6.45, 7) is 3.28. The highest BCUT2D eigenvalue weighted by Crippen LogP contribution is 2.32. The van der Waals surface area contributed by atoms with Gasteiger partial charge < -0.3 is 14.6 Å². The summed E-state index contributed by atoms with van der Waals surface area (Å²) in [6, 6.07) is 19.7. The van der Waals surface area contributed by atoms with E-state index in [-0.39, 0.29) is 11.7 Å². The number of likely N-dealkylation sites (tertiary alicyclic amines) is 1. The van der Waals surface area contributed by atoms with Crippen LogP contribution >= 0.6 is 11.6 Å². The molecule has 5 nitrogen and oxygen atoms in total. The molecule has 0 aliphatic carbocycles. The zero-order valence-electron chi connectivity index (χ0n) is 20.2. The number of nitrogens with zero attached hydrogens (tertiary/aromatic N) is 3. The Labute approximate surface area is 211 Å². The topological polar surface area (TPSA) is 53.0 Å². The van der Waals surface area contributed by atoms with Crippen molar-refractivity contribution in [2.24, 2.45) is 10.9 Å². The zero-order chi connectivity index (χ0) is 24.5. The van der Waals surface area contributed by atoms with Crippen molar-refractivity contribution in [2.75, 3.05) is 25.0 Å². The highest BCUT2D eigenvalue weighted by Gasteiger charge is 2.33. The third-order valence-electron chi connectivity index (χ3n) is 7.19. The first-order chi connectivity index (χ1) is 16.9. The normalized spacial score (nSPS) is 18.9. The van der Waals surface area contributed by atoms with Crippen LogP contribution in [-0.4, -0.2) is 48.6 Å². The number of Topliss-reactive ketones (excluding diaryl/α,β-unsaturated/α-hetero) is 1. The maximum absolute atomic E-state index is 13.6. The minimum Gasteiger partial charge on any atom is -0.356 e. The van der Waals surface area contributed by atoms with Gasteiger partial charge in [0.25, 0.3) is 5.91 Å². The van der Waals surface area contributed by atoms with E-state index in [4.69, 9.17) is 16.6 Å². The fourth-order valence-electron chi connectivity index (χ4n) is 5.32. The number of ketones is 1. The number of hydrogen-bond acceptors (Lipinski definition) is 4. The molecule has 0 radical (unpaired) electrons. The third kappa shape index (κ3) is 4.96. The maximum atomic E-state index is 13.6. The Morgan fingerprint density at radius 1 is 1.03 bits per heavy atom. The highest BCUT2D eigenvalue weighted by molar-refractivity contribution is 6.31. The van der Waals surface area contributed by atoms with Crippen LogP contribution in [0, 0.1) is 5.92 Å². The molecule has 180 valence electrons. The van der Waals surface area contributed by atoms with Gasteiger partial charge in [-0.25, -0.2) is 0 Å². The van der Waals surface area contributed by atoms with Crippen molar-refractivity contribution in [3.05, 3.63) is 76.8 Å². The molecule has 1 unspecified atom stereocenters. The Kier molecular flexibility index (Phi) is 6.61. The first-order valence-corrected chi connectivity index (χ1v) is 12.6. The lowest BCUT2D eigenvalue weighted by molar-refractivity contribution is -0.119. The molecule has 0 bridgehead atoms. The summed E-state index contributed by atoms with van der Waals surface area (Å²) in [5.74, 6) is 1.46. The van der Waals surface area contributed by atoms with Crippen molar-refractivity contribution in [1.29, 1.82) is 0 Å². The average Bonchev–Trinajstić information content (AvgIpc) is 2.94. The van der Waals surface area contributed by atoms with Crippen LogP contribution in [0.2, 0.25) is 5.02 Å². The number of amidine groups is 1. The van der Waals surface area contributed by atoms with E-state index in [1.54, 1.807) is 11.8 Å². The summed E-state index contributed by atoms with van der Waals surface area (Å²) < 4.78 is 0. The van der Waals surface area contributed by atoms with E-state index >= 15 is 0 Å². The van der Waals surface area contributed by atoms with E-state index in [1.807, 2.05) is 37.4 Å². The van der Waals surface area contributed by atoms with Crippen LogP contribution < -0.4 is 4.90 Å². The minimum absolute atomic E-state index is 0.0248. The summed E-state index contributed by atoms with van der Waals surface area (Å²) in [4.78, 5) is 34.3. The third-order valence-corrected chi connectivity index (χ3v) is 7.42. The second-order valence-electron chi connectivity index (χ2n) is 9.75. The number of rotatable bonds is 4. The average molecular weight is 488 g/mol. The predicted octanol–water partition coefficient (Wildman–Crippen LogP) is 5.52. The Bertz CT molecular complexity index is 1310. The van der Waals surface area contributed by atoms with Crippen molar-refractivity contribution < 1.29 is 9.59 Å². The molecule has 1 atom stereocenters. The molecule has 3 aromatic rings. The number of benzene rings is 3. The molecule has 5 rings (SSSR count). The minimum atomic E-state index is -0.530. The SMILES string of the molecule is CC(=O)CC1CCN(C2=NC(Cc3ccc4ccccc4c3)C(=O)N(C)c3ccc(Cl)cc32)CC1. The molecule has 0 saturated carbocycles. The molecule has 1 saturated heterocycles. The number of benzodiazepines with no additional fused rings is 1. The number of piperidine rings is 1. The first-order valence-electron chi connectivity index (χ1n) is 12.3. The van der Waals surface area contributed by atoms with Crippen LogP contribution in [0.1, 0.15) is 37.3 Å². The summed E-state index contributed by atoms with van der Waals surface area (Å²) >= 11 is 6.41. The molecule has 1 fully saturated rings. The molecule has 6 heteroatoms. The Hall–Kier alpha value is -3.18. The summed E-state index contributed by atoms with van der Waals surface area (Å²) in [7, 11) is 1.82. The highest BCUT2D eigenvalue weighted by atomic mass is 35.5. The van der Waals surface area contributed by atoms with Crippen LogP contribution in [0.5, 0.6) is 0 Å². The van der Waals surface area contributed by atoms with E-state index in [1.165, 1.54) is 5.39 Å². The number of carbonyl (C=O) groups excluding carboxylic acids is 2. The van der Waals surface area contributed by atoms with Crippen molar-refractivity contribution >= 4 is 45.6 Å². The Balaban J connectivity index is 1.50. The van der Waals surface area contributed by atoms with Crippen LogP contribution in [0.3, 0.4) is 0 Å². The molecular formula is C29H30ClN3O2. The molecule has 0 aromatic heterocycles. The van der Waals surface area contributed by atoms with Gasteiger partial charge in [-0.2, -0.15) is 0 Å². The number of fused-ring (bicyclic) bond motifs is 2. The number of amides is 1. The first kappa shape index (κ1) is 23.6. The van der Waals surface area contributed by atoms with Crippen molar-refractivity contribution in [2.45, 2.75) is 38.6 Å². The standard InChI is InChI=1S/C29H30ClN3O2/c1-19(34)15-20-11-13-33(14-12-20)28-25-18-24(30)9-10-27(25)32(2)29(35)26(31-28)17-21-7-8-22-5-3-4-6-23(22)16-21/h3-10,16,18,20,26H,11-15,17H2,1-2H3. The molecular weight excluding hydrogens is 458 g/mol. The fourth-order valence-corrected chi connectivity index (χ4v) is 5.50. The Morgan fingerprint density at radius 3 is 2.51 bits per heavy atom. The predicted molar refractivity (Wildman–Crippen MR) is 142 cm³/mol. The molecule has 2 heterocycles. The van der Waals surface area contributed by atoms with E-state index in [2.05, 4.69) is 35.2 Å². The van der Waals surface area contributed by atoms with Gasteiger partial charge in [0, 0.05) is 43.6 Å². The Morgan fingerprint density at radius 2 is 1.77 bits per heavy atom. The molecule has 2 aliphatic heterocycles. The molecule has 1 amide bonds. The molecule has 0 spiro atoms. The zero-order valence-corrected chi connectivity index (χ0v) is 21.0. The van der Waals surface area contributed by atoms with E-state index < -0.39 is 6.04 Å². The lowest BCUT2D eigenvalue weighted by atomic mass is 9.91. The van der Waals surface area contributed by atoms with Gasteiger partial charge in [-0.15, -0.1) is 0 Å². The number of aliphatic imine (C=N–C) groups is 1. The smallest absolute Gasteiger partial charge is 0.251 e. The molecule has 3 aromatic carbocycles. The van der Waals surface area contributed by atoms with Crippen LogP contribution in [0.25, 0.3) is 10.8 Å². The molecule has 0 N–H and O–H groups in total. The van der Waals surface area contributed by atoms with Gasteiger partial charge in [0.15, 0.2) is 0 Å². The lowest BCUT2D eigenvalue weighted by Crippen LogP contribution is -2.40. The van der Waals surface area contributed by atoms with E-state index in [0.29, 0.717) is 23.8 Å². The van der Waals surface area contributed by atoms with E-state index in [0.717, 1.165) is 54.0 Å². The van der Waals surface area contributed by atoms with Gasteiger partial charge >= 0.3 is 0 Å². The number of halogens is 1. The number of likely N-dealkylation sites (N-methyl/N-ethyl adjacent to an activating group) is 1. The van der Waals surface area contributed by atoms with Gasteiger partial charge in [-0.05, 0) is 60.2 Å². The molecule has 2 aliphatic rings. The summed E-state index contributed by atoms with van der Waals surface area (Å²) in [5, 5.41) is 2.96. The number of hydrogen-bond donors (Lipinski definition) is 0. The largest absolute Gasteiger partial charge is 0.356 e. The summed E-state index contributed by atoms with van der Waals surface area (Å²) in [6.07, 6.45) is 3.04. The maximum Gasteiger partial charge on any atom is 0.251 e. The number of carbonyl (C=O) groups is 2.